The van der Waals surface area contributed by atoms with Crippen LogP contribution in [0.2, 0.25) is 0 Å². The summed E-state index contributed by atoms with van der Waals surface area (Å²) in [5.74, 6) is 2.04. The molecule has 0 aromatic carbocycles. The average Bonchev–Trinajstić information content (AvgIpc) is 2.26. The third kappa shape index (κ3) is 2.60. The molecule has 94 valence electrons. The van der Waals surface area contributed by atoms with Crippen molar-refractivity contribution < 1.29 is 4.74 Å². The third-order valence-corrected chi connectivity index (χ3v) is 3.23. The molecule has 5 nitrogen and oxygen atoms in total. The molecular formula is C12H20N4O. The van der Waals surface area contributed by atoms with Crippen molar-refractivity contribution in [2.24, 2.45) is 5.92 Å². The smallest absolute Gasteiger partial charge is 0.242 e. The molecule has 0 spiro atoms. The number of aromatic nitrogens is 2. The minimum atomic E-state index is 0.484. The molecular weight excluding hydrogens is 216 g/mol. The van der Waals surface area contributed by atoms with Gasteiger partial charge in [0.2, 0.25) is 5.88 Å². The lowest BCUT2D eigenvalue weighted by Crippen LogP contribution is -2.30. The molecule has 1 aromatic heterocycles. The number of nitrogen functional groups attached to an aromatic ring is 1. The van der Waals surface area contributed by atoms with Gasteiger partial charge in [-0.3, -0.25) is 0 Å². The molecule has 1 heterocycles. The van der Waals surface area contributed by atoms with E-state index in [4.69, 9.17) is 10.5 Å². The maximum Gasteiger partial charge on any atom is 0.242 e. The molecule has 1 aromatic rings. The Morgan fingerprint density at radius 3 is 2.82 bits per heavy atom. The molecule has 2 N–H and O–H groups in total. The first-order chi connectivity index (χ1) is 8.22. The van der Waals surface area contributed by atoms with Crippen LogP contribution in [0, 0.1) is 5.92 Å². The van der Waals surface area contributed by atoms with Crippen LogP contribution in [0.3, 0.4) is 0 Å². The van der Waals surface area contributed by atoms with Crippen LogP contribution >= 0.6 is 0 Å². The van der Waals surface area contributed by atoms with Crippen LogP contribution < -0.4 is 15.4 Å². The van der Waals surface area contributed by atoms with Gasteiger partial charge in [-0.05, 0) is 25.7 Å². The number of anilines is 2. The van der Waals surface area contributed by atoms with Crippen LogP contribution in [0.5, 0.6) is 5.88 Å². The van der Waals surface area contributed by atoms with Gasteiger partial charge in [0.1, 0.15) is 12.0 Å². The van der Waals surface area contributed by atoms with E-state index in [0.717, 1.165) is 18.3 Å². The van der Waals surface area contributed by atoms with E-state index in [1.807, 2.05) is 14.0 Å². The van der Waals surface area contributed by atoms with Gasteiger partial charge in [0, 0.05) is 13.6 Å². The van der Waals surface area contributed by atoms with Crippen LogP contribution in [0.4, 0.5) is 11.5 Å². The minimum Gasteiger partial charge on any atom is -0.476 e. The molecule has 0 aliphatic heterocycles. The Kier molecular flexibility index (Phi) is 3.66. The van der Waals surface area contributed by atoms with Crippen molar-refractivity contribution in [2.75, 3.05) is 30.8 Å². The first-order valence-electron chi connectivity index (χ1n) is 6.16. The van der Waals surface area contributed by atoms with Crippen molar-refractivity contribution in [3.05, 3.63) is 6.33 Å². The second-order valence-electron chi connectivity index (χ2n) is 4.53. The molecule has 0 radical (unpaired) electrons. The van der Waals surface area contributed by atoms with E-state index in [9.17, 15) is 0 Å². The number of ether oxygens (including phenoxy) is 1. The van der Waals surface area contributed by atoms with E-state index in [-0.39, 0.29) is 0 Å². The lowest BCUT2D eigenvalue weighted by molar-refractivity contribution is 0.319. The SMILES string of the molecule is CCOc1ncnc(N(C)CC2CCC2)c1N. The summed E-state index contributed by atoms with van der Waals surface area (Å²) in [6.07, 6.45) is 5.48. The highest BCUT2D eigenvalue weighted by Crippen LogP contribution is 2.31. The summed E-state index contributed by atoms with van der Waals surface area (Å²) >= 11 is 0. The van der Waals surface area contributed by atoms with Gasteiger partial charge in [0.05, 0.1) is 6.61 Å². The Morgan fingerprint density at radius 2 is 2.24 bits per heavy atom. The van der Waals surface area contributed by atoms with E-state index in [1.165, 1.54) is 25.6 Å². The number of hydrogen-bond donors (Lipinski definition) is 1. The highest BCUT2D eigenvalue weighted by atomic mass is 16.5. The van der Waals surface area contributed by atoms with E-state index >= 15 is 0 Å². The lowest BCUT2D eigenvalue weighted by Gasteiger charge is -2.31. The Labute approximate surface area is 102 Å². The van der Waals surface area contributed by atoms with Gasteiger partial charge < -0.3 is 15.4 Å². The van der Waals surface area contributed by atoms with Gasteiger partial charge in [-0.15, -0.1) is 0 Å². The zero-order chi connectivity index (χ0) is 12.3. The van der Waals surface area contributed by atoms with E-state index in [1.54, 1.807) is 0 Å². The molecule has 0 amide bonds. The zero-order valence-electron chi connectivity index (χ0n) is 10.5. The van der Waals surface area contributed by atoms with E-state index in [0.29, 0.717) is 18.2 Å². The molecule has 17 heavy (non-hydrogen) atoms. The summed E-state index contributed by atoms with van der Waals surface area (Å²) in [6.45, 7) is 3.49. The lowest BCUT2D eigenvalue weighted by atomic mass is 9.85. The van der Waals surface area contributed by atoms with Crippen LogP contribution in [0.15, 0.2) is 6.33 Å². The summed E-state index contributed by atoms with van der Waals surface area (Å²) in [5.41, 5.74) is 6.55. The highest BCUT2D eigenvalue weighted by Gasteiger charge is 2.21. The maximum absolute atomic E-state index is 6.01. The molecule has 2 rings (SSSR count). The molecule has 1 fully saturated rings. The molecule has 5 heteroatoms. The first-order valence-corrected chi connectivity index (χ1v) is 6.16. The van der Waals surface area contributed by atoms with Crippen molar-refractivity contribution in [2.45, 2.75) is 26.2 Å². The van der Waals surface area contributed by atoms with Crippen molar-refractivity contribution >= 4 is 11.5 Å². The predicted molar refractivity (Wildman–Crippen MR) is 68.2 cm³/mol. The second-order valence-corrected chi connectivity index (χ2v) is 4.53. The third-order valence-electron chi connectivity index (χ3n) is 3.23. The van der Waals surface area contributed by atoms with Crippen LogP contribution in [0.1, 0.15) is 26.2 Å². The minimum absolute atomic E-state index is 0.484. The standard InChI is InChI=1S/C12H20N4O/c1-3-17-12-10(13)11(14-8-15-12)16(2)7-9-5-4-6-9/h8-9H,3-7,13H2,1-2H3. The summed E-state index contributed by atoms with van der Waals surface area (Å²) in [4.78, 5) is 10.4. The largest absolute Gasteiger partial charge is 0.476 e. The topological polar surface area (TPSA) is 64.3 Å². The van der Waals surface area contributed by atoms with Crippen molar-refractivity contribution in [3.8, 4) is 5.88 Å². The number of hydrogen-bond acceptors (Lipinski definition) is 5. The zero-order valence-corrected chi connectivity index (χ0v) is 10.5. The van der Waals surface area contributed by atoms with Crippen LogP contribution in [0.25, 0.3) is 0 Å². The molecule has 0 atom stereocenters. The normalized spacial score (nSPS) is 15.4. The van der Waals surface area contributed by atoms with Crippen LogP contribution in [-0.2, 0) is 0 Å². The van der Waals surface area contributed by atoms with Gasteiger partial charge in [-0.1, -0.05) is 6.42 Å². The van der Waals surface area contributed by atoms with Crippen LogP contribution in [-0.4, -0.2) is 30.2 Å². The highest BCUT2D eigenvalue weighted by molar-refractivity contribution is 5.67. The summed E-state index contributed by atoms with van der Waals surface area (Å²) in [7, 11) is 2.02. The Balaban J connectivity index is 2.10. The Hall–Kier alpha value is -1.52. The van der Waals surface area contributed by atoms with Crippen molar-refractivity contribution in [1.29, 1.82) is 0 Å². The summed E-state index contributed by atoms with van der Waals surface area (Å²) in [6, 6.07) is 0. The van der Waals surface area contributed by atoms with Gasteiger partial charge in [-0.2, -0.15) is 4.98 Å². The molecule has 0 bridgehead atoms. The molecule has 0 unspecified atom stereocenters. The Morgan fingerprint density at radius 1 is 1.47 bits per heavy atom. The van der Waals surface area contributed by atoms with Gasteiger partial charge in [-0.25, -0.2) is 4.98 Å². The Bertz CT molecular complexity index is 379. The van der Waals surface area contributed by atoms with E-state index in [2.05, 4.69) is 14.9 Å². The maximum atomic E-state index is 6.01. The molecule has 1 aliphatic rings. The number of rotatable bonds is 5. The monoisotopic (exact) mass is 236 g/mol. The quantitative estimate of drug-likeness (QED) is 0.843. The summed E-state index contributed by atoms with van der Waals surface area (Å²) in [5, 5.41) is 0. The van der Waals surface area contributed by atoms with Gasteiger partial charge in [0.15, 0.2) is 5.82 Å². The molecule has 1 saturated carbocycles. The van der Waals surface area contributed by atoms with Gasteiger partial charge >= 0.3 is 0 Å². The number of nitrogens with two attached hydrogens (primary N) is 1. The fourth-order valence-corrected chi connectivity index (χ4v) is 2.08. The second kappa shape index (κ2) is 5.21. The fraction of sp³-hybridized carbons (Fsp3) is 0.667. The van der Waals surface area contributed by atoms with E-state index < -0.39 is 0 Å². The van der Waals surface area contributed by atoms with Crippen molar-refractivity contribution in [1.82, 2.24) is 9.97 Å². The number of nitrogens with zero attached hydrogens (tertiary/aromatic N) is 3. The summed E-state index contributed by atoms with van der Waals surface area (Å²) < 4.78 is 5.37. The molecule has 0 saturated heterocycles. The van der Waals surface area contributed by atoms with Crippen molar-refractivity contribution in [3.63, 3.8) is 0 Å². The molecule has 1 aliphatic carbocycles. The fourth-order valence-electron chi connectivity index (χ4n) is 2.08. The van der Waals surface area contributed by atoms with Gasteiger partial charge in [0.25, 0.3) is 0 Å². The first kappa shape index (κ1) is 12.0. The predicted octanol–water partition coefficient (Wildman–Crippen LogP) is 1.69. The average molecular weight is 236 g/mol.